The minimum absolute atomic E-state index is 0.216. The zero-order valence-electron chi connectivity index (χ0n) is 9.98. The van der Waals surface area contributed by atoms with Crippen LogP contribution in [0.1, 0.15) is 0 Å². The van der Waals surface area contributed by atoms with E-state index in [1.807, 2.05) is 0 Å². The summed E-state index contributed by atoms with van der Waals surface area (Å²) in [7, 11) is 0. The highest BCUT2D eigenvalue weighted by Gasteiger charge is 2.12. The summed E-state index contributed by atoms with van der Waals surface area (Å²) in [5.41, 5.74) is 18.1. The Hall–Kier alpha value is -2.76. The van der Waals surface area contributed by atoms with Gasteiger partial charge in [-0.1, -0.05) is 12.1 Å². The van der Waals surface area contributed by atoms with Crippen LogP contribution in [-0.4, -0.2) is 6.03 Å². The molecule has 2 aromatic carbocycles. The first-order valence-corrected chi connectivity index (χ1v) is 5.49. The van der Waals surface area contributed by atoms with E-state index in [9.17, 15) is 9.18 Å². The number of primary amides is 1. The Morgan fingerprint density at radius 3 is 2.47 bits per heavy atom. The average molecular weight is 260 g/mol. The van der Waals surface area contributed by atoms with Gasteiger partial charge in [0.2, 0.25) is 0 Å². The van der Waals surface area contributed by atoms with Crippen LogP contribution in [0.4, 0.5) is 26.2 Å². The van der Waals surface area contributed by atoms with Crippen molar-refractivity contribution in [2.24, 2.45) is 5.73 Å². The van der Waals surface area contributed by atoms with Crippen LogP contribution in [-0.2, 0) is 0 Å². The minimum Gasteiger partial charge on any atom is -0.397 e. The van der Waals surface area contributed by atoms with E-state index in [1.165, 1.54) is 12.1 Å². The molecule has 0 aliphatic rings. The van der Waals surface area contributed by atoms with Crippen molar-refractivity contribution in [3.05, 3.63) is 42.2 Å². The van der Waals surface area contributed by atoms with E-state index >= 15 is 0 Å². The van der Waals surface area contributed by atoms with Crippen molar-refractivity contribution in [2.45, 2.75) is 0 Å². The van der Waals surface area contributed by atoms with Gasteiger partial charge in [-0.2, -0.15) is 0 Å². The number of rotatable bonds is 2. The summed E-state index contributed by atoms with van der Waals surface area (Å²) < 4.78 is 14.0. The maximum absolute atomic E-state index is 14.0. The third-order valence-electron chi connectivity index (χ3n) is 2.65. The second-order valence-electron chi connectivity index (χ2n) is 4.00. The number of anilines is 3. The third-order valence-corrected chi connectivity index (χ3v) is 2.65. The van der Waals surface area contributed by atoms with E-state index in [0.717, 1.165) is 0 Å². The van der Waals surface area contributed by atoms with Crippen LogP contribution in [0.2, 0.25) is 0 Å². The standard InChI is InChI=1S/C13H13FN4O/c14-8-2-1-3-11(18-13(17)19)12(8)7-4-5-9(15)10(16)6-7/h1-6H,15-16H2,(H3,17,18,19). The van der Waals surface area contributed by atoms with Crippen LogP contribution in [0.15, 0.2) is 36.4 Å². The fourth-order valence-corrected chi connectivity index (χ4v) is 1.78. The van der Waals surface area contributed by atoms with Crippen molar-refractivity contribution in [2.75, 3.05) is 16.8 Å². The molecule has 0 heterocycles. The topological polar surface area (TPSA) is 107 Å². The van der Waals surface area contributed by atoms with Gasteiger partial charge < -0.3 is 22.5 Å². The van der Waals surface area contributed by atoms with E-state index < -0.39 is 11.8 Å². The molecular formula is C13H13FN4O. The first kappa shape index (κ1) is 12.7. The number of nitrogens with one attached hydrogen (secondary N) is 1. The molecule has 0 aliphatic carbocycles. The minimum atomic E-state index is -0.768. The largest absolute Gasteiger partial charge is 0.397 e. The van der Waals surface area contributed by atoms with Crippen molar-refractivity contribution < 1.29 is 9.18 Å². The van der Waals surface area contributed by atoms with Gasteiger partial charge in [0.05, 0.1) is 17.1 Å². The summed E-state index contributed by atoms with van der Waals surface area (Å²) in [4.78, 5) is 10.9. The zero-order chi connectivity index (χ0) is 14.0. The molecule has 0 fully saturated rings. The van der Waals surface area contributed by atoms with Crippen molar-refractivity contribution >= 4 is 23.1 Å². The molecule has 7 N–H and O–H groups in total. The Kier molecular flexibility index (Phi) is 3.24. The van der Waals surface area contributed by atoms with Gasteiger partial charge in [0.1, 0.15) is 5.82 Å². The molecule has 2 amide bonds. The van der Waals surface area contributed by atoms with E-state index in [4.69, 9.17) is 17.2 Å². The van der Waals surface area contributed by atoms with Crippen LogP contribution in [0.25, 0.3) is 11.1 Å². The number of carbonyl (C=O) groups excluding carboxylic acids is 1. The van der Waals surface area contributed by atoms with Crippen molar-refractivity contribution in [3.63, 3.8) is 0 Å². The Morgan fingerprint density at radius 2 is 1.84 bits per heavy atom. The van der Waals surface area contributed by atoms with Gasteiger partial charge in [-0.05, 0) is 29.8 Å². The molecule has 0 aliphatic heterocycles. The molecule has 0 aromatic heterocycles. The SMILES string of the molecule is NC(=O)Nc1cccc(F)c1-c1ccc(N)c(N)c1. The molecule has 0 radical (unpaired) electrons. The molecular weight excluding hydrogens is 247 g/mol. The molecule has 0 saturated heterocycles. The number of amides is 2. The summed E-state index contributed by atoms with van der Waals surface area (Å²) in [6, 6.07) is 8.28. The van der Waals surface area contributed by atoms with Gasteiger partial charge >= 0.3 is 6.03 Å². The van der Waals surface area contributed by atoms with Crippen LogP contribution in [0.5, 0.6) is 0 Å². The number of urea groups is 1. The van der Waals surface area contributed by atoms with Crippen molar-refractivity contribution in [1.82, 2.24) is 0 Å². The summed E-state index contributed by atoms with van der Waals surface area (Å²) >= 11 is 0. The molecule has 0 bridgehead atoms. The molecule has 6 heteroatoms. The average Bonchev–Trinajstić information content (AvgIpc) is 2.32. The molecule has 19 heavy (non-hydrogen) atoms. The van der Waals surface area contributed by atoms with Crippen molar-refractivity contribution in [1.29, 1.82) is 0 Å². The lowest BCUT2D eigenvalue weighted by atomic mass is 10.0. The third kappa shape index (κ3) is 2.57. The molecule has 0 unspecified atom stereocenters. The summed E-state index contributed by atoms with van der Waals surface area (Å²) in [6.45, 7) is 0. The fourth-order valence-electron chi connectivity index (χ4n) is 1.78. The maximum Gasteiger partial charge on any atom is 0.316 e. The Bertz CT molecular complexity index is 643. The van der Waals surface area contributed by atoms with Gasteiger partial charge in [0.15, 0.2) is 0 Å². The van der Waals surface area contributed by atoms with Gasteiger partial charge in [-0.15, -0.1) is 0 Å². The van der Waals surface area contributed by atoms with E-state index in [-0.39, 0.29) is 11.3 Å². The lowest BCUT2D eigenvalue weighted by molar-refractivity contribution is 0.259. The van der Waals surface area contributed by atoms with Gasteiger partial charge in [0, 0.05) is 5.56 Å². The predicted molar refractivity (Wildman–Crippen MR) is 73.9 cm³/mol. The molecule has 2 aromatic rings. The van der Waals surface area contributed by atoms with E-state index in [0.29, 0.717) is 16.9 Å². The van der Waals surface area contributed by atoms with Crippen LogP contribution >= 0.6 is 0 Å². The lowest BCUT2D eigenvalue weighted by Crippen LogP contribution is -2.20. The normalized spacial score (nSPS) is 10.2. The monoisotopic (exact) mass is 260 g/mol. The van der Waals surface area contributed by atoms with E-state index in [1.54, 1.807) is 24.3 Å². The fraction of sp³-hybridized carbons (Fsp3) is 0. The first-order chi connectivity index (χ1) is 8.99. The second-order valence-corrected chi connectivity index (χ2v) is 4.00. The predicted octanol–water partition coefficient (Wildman–Crippen LogP) is 2.15. The number of halogens is 1. The maximum atomic E-state index is 14.0. The van der Waals surface area contributed by atoms with Crippen LogP contribution in [0.3, 0.4) is 0 Å². The molecule has 0 spiro atoms. The number of nitrogens with two attached hydrogens (primary N) is 3. The quantitative estimate of drug-likeness (QED) is 0.621. The molecule has 98 valence electrons. The Balaban J connectivity index is 2.59. The van der Waals surface area contributed by atoms with Crippen LogP contribution in [0, 0.1) is 5.82 Å². The van der Waals surface area contributed by atoms with E-state index in [2.05, 4.69) is 5.32 Å². The molecule has 0 saturated carbocycles. The molecule has 5 nitrogen and oxygen atoms in total. The number of hydrogen-bond acceptors (Lipinski definition) is 3. The van der Waals surface area contributed by atoms with Crippen molar-refractivity contribution in [3.8, 4) is 11.1 Å². The Morgan fingerprint density at radius 1 is 1.11 bits per heavy atom. The number of carbonyl (C=O) groups is 1. The summed E-state index contributed by atoms with van der Waals surface area (Å²) in [6.07, 6.45) is 0. The van der Waals surface area contributed by atoms with Gasteiger partial charge in [-0.3, -0.25) is 0 Å². The molecule has 2 rings (SSSR count). The smallest absolute Gasteiger partial charge is 0.316 e. The highest BCUT2D eigenvalue weighted by atomic mass is 19.1. The number of nitrogen functional groups attached to an aromatic ring is 2. The Labute approximate surface area is 109 Å². The highest BCUT2D eigenvalue weighted by molar-refractivity contribution is 5.94. The van der Waals surface area contributed by atoms with Gasteiger partial charge in [-0.25, -0.2) is 9.18 Å². The van der Waals surface area contributed by atoms with Gasteiger partial charge in [0.25, 0.3) is 0 Å². The zero-order valence-corrected chi connectivity index (χ0v) is 9.98. The number of benzene rings is 2. The summed E-state index contributed by atoms with van der Waals surface area (Å²) in [5, 5.41) is 2.37. The first-order valence-electron chi connectivity index (χ1n) is 5.49. The highest BCUT2D eigenvalue weighted by Crippen LogP contribution is 2.33. The lowest BCUT2D eigenvalue weighted by Gasteiger charge is -2.12. The number of hydrogen-bond donors (Lipinski definition) is 4. The molecule has 0 atom stereocenters. The van der Waals surface area contributed by atoms with Crippen LogP contribution < -0.4 is 22.5 Å². The summed E-state index contributed by atoms with van der Waals surface area (Å²) in [5.74, 6) is -0.490. The second kappa shape index (κ2) is 4.85.